The molecule has 0 saturated carbocycles. The highest BCUT2D eigenvalue weighted by Crippen LogP contribution is 2.32. The van der Waals surface area contributed by atoms with Crippen molar-refractivity contribution in [3.63, 3.8) is 0 Å². The second-order valence-corrected chi connectivity index (χ2v) is 5.77. The number of carbonyl (C=O) groups is 1. The molecule has 1 heterocycles. The van der Waals surface area contributed by atoms with Crippen molar-refractivity contribution < 1.29 is 24.1 Å². The summed E-state index contributed by atoms with van der Waals surface area (Å²) in [6, 6.07) is 7.56. The lowest BCUT2D eigenvalue weighted by atomic mass is 10.1. The predicted molar refractivity (Wildman–Crippen MR) is 84.0 cm³/mol. The molecule has 0 fully saturated rings. The van der Waals surface area contributed by atoms with Gasteiger partial charge in [-0.1, -0.05) is 23.2 Å². The Balaban J connectivity index is 1.79. The quantitative estimate of drug-likeness (QED) is 0.846. The molecular formula is C16H12Cl2O5. The van der Waals surface area contributed by atoms with Crippen molar-refractivity contribution in [2.24, 2.45) is 0 Å². The number of hydrogen-bond donors (Lipinski definition) is 1. The van der Waals surface area contributed by atoms with E-state index >= 15 is 0 Å². The third kappa shape index (κ3) is 3.52. The van der Waals surface area contributed by atoms with Gasteiger partial charge in [-0.25, -0.2) is 4.79 Å². The second-order valence-electron chi connectivity index (χ2n) is 4.90. The van der Waals surface area contributed by atoms with Crippen molar-refractivity contribution in [2.75, 3.05) is 6.79 Å². The lowest BCUT2D eigenvalue weighted by Crippen LogP contribution is -2.14. The number of benzene rings is 2. The first-order chi connectivity index (χ1) is 11.0. The highest BCUT2D eigenvalue weighted by Gasteiger charge is 2.19. The van der Waals surface area contributed by atoms with E-state index in [2.05, 4.69) is 0 Å². The topological polar surface area (TPSA) is 65.0 Å². The molecule has 1 N–H and O–H groups in total. The number of halogens is 2. The van der Waals surface area contributed by atoms with Crippen LogP contribution in [-0.4, -0.2) is 17.9 Å². The third-order valence-corrected chi connectivity index (χ3v) is 3.74. The second kappa shape index (κ2) is 6.66. The molecule has 23 heavy (non-hydrogen) atoms. The number of esters is 1. The molecule has 0 unspecified atom stereocenters. The van der Waals surface area contributed by atoms with Gasteiger partial charge >= 0.3 is 5.97 Å². The summed E-state index contributed by atoms with van der Waals surface area (Å²) in [6.45, 7) is 0.463. The minimum absolute atomic E-state index is 0.00218. The SMILES string of the molecule is O=C(OCc1cc(Cl)cc2c1OCOC2)c1cc(Cl)ccc1O. The first-order valence-corrected chi connectivity index (χ1v) is 7.47. The normalized spacial score (nSPS) is 13.1. The predicted octanol–water partition coefficient (Wildman–Crippen LogP) is 3.92. The number of hydrogen-bond acceptors (Lipinski definition) is 5. The van der Waals surface area contributed by atoms with Gasteiger partial charge in [0.1, 0.15) is 23.7 Å². The number of ether oxygens (including phenoxy) is 3. The van der Waals surface area contributed by atoms with Gasteiger partial charge in [-0.2, -0.15) is 0 Å². The zero-order valence-electron chi connectivity index (χ0n) is 11.8. The van der Waals surface area contributed by atoms with Crippen LogP contribution in [-0.2, 0) is 22.7 Å². The molecule has 7 heteroatoms. The Morgan fingerprint density at radius 1 is 1.22 bits per heavy atom. The van der Waals surface area contributed by atoms with Crippen LogP contribution < -0.4 is 4.74 Å². The number of rotatable bonds is 3. The molecule has 0 amide bonds. The Morgan fingerprint density at radius 2 is 2.04 bits per heavy atom. The van der Waals surface area contributed by atoms with Crippen molar-refractivity contribution in [3.05, 3.63) is 57.1 Å². The van der Waals surface area contributed by atoms with Crippen molar-refractivity contribution in [2.45, 2.75) is 13.2 Å². The van der Waals surface area contributed by atoms with Crippen LogP contribution in [0.4, 0.5) is 0 Å². The fourth-order valence-corrected chi connectivity index (χ4v) is 2.69. The van der Waals surface area contributed by atoms with E-state index in [1.165, 1.54) is 18.2 Å². The van der Waals surface area contributed by atoms with E-state index in [-0.39, 0.29) is 24.7 Å². The van der Waals surface area contributed by atoms with Crippen LogP contribution in [0.2, 0.25) is 10.0 Å². The van der Waals surface area contributed by atoms with Gasteiger partial charge in [0.25, 0.3) is 0 Å². The lowest BCUT2D eigenvalue weighted by Gasteiger charge is -2.21. The largest absolute Gasteiger partial charge is 0.507 e. The maximum atomic E-state index is 12.1. The maximum absolute atomic E-state index is 12.1. The first kappa shape index (κ1) is 15.9. The fraction of sp³-hybridized carbons (Fsp3) is 0.188. The zero-order chi connectivity index (χ0) is 16.4. The molecule has 120 valence electrons. The number of carbonyl (C=O) groups excluding carboxylic acids is 1. The van der Waals surface area contributed by atoms with Gasteiger partial charge in [0.05, 0.1) is 6.61 Å². The third-order valence-electron chi connectivity index (χ3n) is 3.29. The van der Waals surface area contributed by atoms with E-state index in [4.69, 9.17) is 37.4 Å². The Kier molecular flexibility index (Phi) is 4.61. The number of fused-ring (bicyclic) bond motifs is 1. The van der Waals surface area contributed by atoms with Crippen LogP contribution in [0.15, 0.2) is 30.3 Å². The van der Waals surface area contributed by atoms with Gasteiger partial charge in [0.2, 0.25) is 0 Å². The van der Waals surface area contributed by atoms with Crippen molar-refractivity contribution in [3.8, 4) is 11.5 Å². The van der Waals surface area contributed by atoms with Gasteiger partial charge < -0.3 is 19.3 Å². The highest BCUT2D eigenvalue weighted by atomic mass is 35.5. The van der Waals surface area contributed by atoms with E-state index in [1.54, 1.807) is 12.1 Å². The molecule has 1 aliphatic heterocycles. The summed E-state index contributed by atoms with van der Waals surface area (Å²) in [7, 11) is 0. The van der Waals surface area contributed by atoms with Gasteiger partial charge in [0.15, 0.2) is 6.79 Å². The van der Waals surface area contributed by atoms with Crippen molar-refractivity contribution in [1.82, 2.24) is 0 Å². The molecule has 0 spiro atoms. The van der Waals surface area contributed by atoms with Crippen molar-refractivity contribution in [1.29, 1.82) is 0 Å². The summed E-state index contributed by atoms with van der Waals surface area (Å²) in [5.74, 6) is -0.285. The van der Waals surface area contributed by atoms with Crippen molar-refractivity contribution >= 4 is 29.2 Å². The molecule has 2 aromatic rings. The molecule has 0 saturated heterocycles. The monoisotopic (exact) mass is 354 g/mol. The summed E-state index contributed by atoms with van der Waals surface area (Å²) in [4.78, 5) is 12.1. The van der Waals surface area contributed by atoms with E-state index < -0.39 is 5.97 Å². The van der Waals surface area contributed by atoms with E-state index in [0.717, 1.165) is 5.56 Å². The molecule has 2 aromatic carbocycles. The van der Waals surface area contributed by atoms with Crippen LogP contribution in [0, 0.1) is 0 Å². The van der Waals surface area contributed by atoms with E-state index in [1.807, 2.05) is 0 Å². The molecule has 0 aromatic heterocycles. The van der Waals surface area contributed by atoms with E-state index in [0.29, 0.717) is 28.0 Å². The van der Waals surface area contributed by atoms with Crippen LogP contribution >= 0.6 is 23.2 Å². The number of phenolic OH excluding ortho intramolecular Hbond substituents is 1. The molecule has 3 rings (SSSR count). The molecule has 5 nitrogen and oxygen atoms in total. The Morgan fingerprint density at radius 3 is 2.87 bits per heavy atom. The smallest absolute Gasteiger partial charge is 0.342 e. The summed E-state index contributed by atoms with van der Waals surface area (Å²) in [5.41, 5.74) is 1.42. The van der Waals surface area contributed by atoms with Crippen LogP contribution in [0.1, 0.15) is 21.5 Å². The van der Waals surface area contributed by atoms with Gasteiger partial charge in [-0.3, -0.25) is 0 Å². The molecule has 0 radical (unpaired) electrons. The molecule has 0 bridgehead atoms. The molecule has 1 aliphatic rings. The Bertz CT molecular complexity index is 760. The molecule has 0 aliphatic carbocycles. The average molecular weight is 355 g/mol. The van der Waals surface area contributed by atoms with E-state index in [9.17, 15) is 9.90 Å². The van der Waals surface area contributed by atoms with Crippen LogP contribution in [0.5, 0.6) is 11.5 Å². The van der Waals surface area contributed by atoms with Gasteiger partial charge in [-0.05, 0) is 30.3 Å². The van der Waals surface area contributed by atoms with Crippen LogP contribution in [0.25, 0.3) is 0 Å². The number of phenols is 1. The standard InChI is InChI=1S/C16H12Cl2O5/c17-11-1-2-14(19)13(5-11)16(20)22-7-10-4-12(18)3-9-6-21-8-23-15(9)10/h1-5,19H,6-8H2. The average Bonchev–Trinajstić information content (AvgIpc) is 2.54. The van der Waals surface area contributed by atoms with Gasteiger partial charge in [0, 0.05) is 21.2 Å². The number of aromatic hydroxyl groups is 1. The summed E-state index contributed by atoms with van der Waals surface area (Å²) >= 11 is 11.9. The molecule has 0 atom stereocenters. The Hall–Kier alpha value is -1.95. The fourth-order valence-electron chi connectivity index (χ4n) is 2.26. The van der Waals surface area contributed by atoms with Gasteiger partial charge in [-0.15, -0.1) is 0 Å². The summed E-state index contributed by atoms with van der Waals surface area (Å²) < 4.78 is 15.9. The zero-order valence-corrected chi connectivity index (χ0v) is 13.4. The maximum Gasteiger partial charge on any atom is 0.342 e. The Labute approximate surface area is 142 Å². The minimum atomic E-state index is -0.689. The molecular weight excluding hydrogens is 343 g/mol. The summed E-state index contributed by atoms with van der Waals surface area (Å²) in [5, 5.41) is 10.5. The first-order valence-electron chi connectivity index (χ1n) is 6.72. The van der Waals surface area contributed by atoms with Crippen LogP contribution in [0.3, 0.4) is 0 Å². The minimum Gasteiger partial charge on any atom is -0.507 e. The highest BCUT2D eigenvalue weighted by molar-refractivity contribution is 6.31. The lowest BCUT2D eigenvalue weighted by molar-refractivity contribution is -0.0180. The summed E-state index contributed by atoms with van der Waals surface area (Å²) in [6.07, 6.45) is 0.